The number of fused-ring (bicyclic) bond motifs is 3. The maximum atomic E-state index is 2.29. The van der Waals surface area contributed by atoms with Gasteiger partial charge in [0.1, 0.15) is 0 Å². The second-order valence-corrected chi connectivity index (χ2v) is 5.85. The van der Waals surface area contributed by atoms with E-state index in [2.05, 4.69) is 63.3 Å². The van der Waals surface area contributed by atoms with Crippen LogP contribution in [-0.2, 0) is 0 Å². The quantitative estimate of drug-likeness (QED) is 0.521. The summed E-state index contributed by atoms with van der Waals surface area (Å²) in [5.41, 5.74) is 4.05. The lowest BCUT2D eigenvalue weighted by Crippen LogP contribution is -1.81. The van der Waals surface area contributed by atoms with E-state index >= 15 is 0 Å². The van der Waals surface area contributed by atoms with E-state index in [1.165, 1.54) is 36.9 Å². The number of hydrogen-bond donors (Lipinski definition) is 0. The van der Waals surface area contributed by atoms with E-state index in [0.29, 0.717) is 0 Å². The van der Waals surface area contributed by atoms with Crippen molar-refractivity contribution < 1.29 is 0 Å². The number of aryl methyl sites for hydroxylation is 2. The molecule has 3 aromatic rings. The van der Waals surface area contributed by atoms with Crippen molar-refractivity contribution in [1.29, 1.82) is 0 Å². The smallest absolute Gasteiger partial charge is 0.0361 e. The van der Waals surface area contributed by atoms with Gasteiger partial charge in [-0.05, 0) is 49.6 Å². The van der Waals surface area contributed by atoms with E-state index in [9.17, 15) is 0 Å². The fourth-order valence-corrected chi connectivity index (χ4v) is 3.71. The van der Waals surface area contributed by atoms with Crippen molar-refractivity contribution in [3.8, 4) is 0 Å². The Morgan fingerprint density at radius 1 is 1.00 bits per heavy atom. The molecule has 18 heavy (non-hydrogen) atoms. The lowest BCUT2D eigenvalue weighted by Gasteiger charge is -2.03. The maximum absolute atomic E-state index is 2.29. The monoisotopic (exact) mass is 252 g/mol. The number of benzene rings is 2. The standard InChI is InChI=1S/C17H16S/c1-4-5-13-12(3)7-9-15-17(13)14-8-6-11(2)10-16(14)18-15/h4-10H,1-3H3/b5-4-. The molecule has 1 aromatic heterocycles. The molecule has 0 atom stereocenters. The topological polar surface area (TPSA) is 0 Å². The molecular weight excluding hydrogens is 236 g/mol. The van der Waals surface area contributed by atoms with Gasteiger partial charge >= 0.3 is 0 Å². The zero-order chi connectivity index (χ0) is 12.7. The molecular formula is C17H16S. The van der Waals surface area contributed by atoms with Crippen molar-refractivity contribution >= 4 is 37.6 Å². The Morgan fingerprint density at radius 2 is 1.83 bits per heavy atom. The SMILES string of the molecule is C/C=C\c1c(C)ccc2sc3cc(C)ccc3c12. The first-order chi connectivity index (χ1) is 8.70. The summed E-state index contributed by atoms with van der Waals surface area (Å²) in [6.45, 7) is 6.42. The van der Waals surface area contributed by atoms with Crippen LogP contribution in [0.4, 0.5) is 0 Å². The molecule has 0 fully saturated rings. The Kier molecular flexibility index (Phi) is 2.71. The van der Waals surface area contributed by atoms with Crippen LogP contribution in [0.2, 0.25) is 0 Å². The van der Waals surface area contributed by atoms with E-state index in [1.807, 2.05) is 11.3 Å². The molecule has 0 radical (unpaired) electrons. The molecule has 0 amide bonds. The number of allylic oxidation sites excluding steroid dienone is 1. The summed E-state index contributed by atoms with van der Waals surface area (Å²) in [4.78, 5) is 0. The maximum Gasteiger partial charge on any atom is 0.0361 e. The average Bonchev–Trinajstić information content (AvgIpc) is 2.70. The number of rotatable bonds is 1. The number of hydrogen-bond acceptors (Lipinski definition) is 1. The van der Waals surface area contributed by atoms with Gasteiger partial charge in [-0.15, -0.1) is 11.3 Å². The second kappa shape index (κ2) is 4.25. The van der Waals surface area contributed by atoms with Crippen LogP contribution in [0.5, 0.6) is 0 Å². The summed E-state index contributed by atoms with van der Waals surface area (Å²) in [6, 6.07) is 11.2. The highest BCUT2D eigenvalue weighted by atomic mass is 32.1. The molecule has 0 N–H and O–H groups in total. The first kappa shape index (κ1) is 11.5. The highest BCUT2D eigenvalue weighted by Crippen LogP contribution is 2.38. The molecule has 3 rings (SSSR count). The van der Waals surface area contributed by atoms with E-state index in [-0.39, 0.29) is 0 Å². The molecule has 1 heteroatoms. The predicted octanol–water partition coefficient (Wildman–Crippen LogP) is 5.70. The Bertz CT molecular complexity index is 760. The van der Waals surface area contributed by atoms with Crippen LogP contribution >= 0.6 is 11.3 Å². The Balaban J connectivity index is 2.52. The van der Waals surface area contributed by atoms with Crippen molar-refractivity contribution in [2.24, 2.45) is 0 Å². The van der Waals surface area contributed by atoms with Gasteiger partial charge in [-0.2, -0.15) is 0 Å². The molecule has 2 aromatic carbocycles. The minimum absolute atomic E-state index is 1.33. The Morgan fingerprint density at radius 3 is 2.61 bits per heavy atom. The van der Waals surface area contributed by atoms with Gasteiger partial charge < -0.3 is 0 Å². The van der Waals surface area contributed by atoms with Crippen LogP contribution in [-0.4, -0.2) is 0 Å². The van der Waals surface area contributed by atoms with Gasteiger partial charge in [0.2, 0.25) is 0 Å². The third-order valence-electron chi connectivity index (χ3n) is 3.38. The molecule has 0 bridgehead atoms. The van der Waals surface area contributed by atoms with Crippen molar-refractivity contribution in [3.05, 3.63) is 53.1 Å². The molecule has 0 nitrogen and oxygen atoms in total. The van der Waals surface area contributed by atoms with Gasteiger partial charge in [-0.1, -0.05) is 30.4 Å². The fourth-order valence-electron chi connectivity index (χ4n) is 2.49. The first-order valence-corrected chi connectivity index (χ1v) is 7.07. The van der Waals surface area contributed by atoms with Crippen LogP contribution in [0.3, 0.4) is 0 Å². The molecule has 0 spiro atoms. The summed E-state index contributed by atoms with van der Waals surface area (Å²) in [7, 11) is 0. The van der Waals surface area contributed by atoms with Gasteiger partial charge in [0.25, 0.3) is 0 Å². The van der Waals surface area contributed by atoms with Crippen LogP contribution in [0.1, 0.15) is 23.6 Å². The molecule has 1 heterocycles. The minimum Gasteiger partial charge on any atom is -0.135 e. The zero-order valence-corrected chi connectivity index (χ0v) is 11.8. The van der Waals surface area contributed by atoms with Gasteiger partial charge in [-0.25, -0.2) is 0 Å². The molecule has 0 unspecified atom stereocenters. The van der Waals surface area contributed by atoms with Gasteiger partial charge in [0, 0.05) is 20.2 Å². The van der Waals surface area contributed by atoms with E-state index < -0.39 is 0 Å². The molecule has 90 valence electrons. The second-order valence-electron chi connectivity index (χ2n) is 4.77. The van der Waals surface area contributed by atoms with Gasteiger partial charge in [0.05, 0.1) is 0 Å². The fraction of sp³-hybridized carbons (Fsp3) is 0.176. The van der Waals surface area contributed by atoms with Crippen LogP contribution < -0.4 is 0 Å². The molecule has 0 aliphatic heterocycles. The largest absolute Gasteiger partial charge is 0.135 e. The Labute approximate surface area is 112 Å². The van der Waals surface area contributed by atoms with Crippen molar-refractivity contribution in [1.82, 2.24) is 0 Å². The van der Waals surface area contributed by atoms with Crippen molar-refractivity contribution in [3.63, 3.8) is 0 Å². The third-order valence-corrected chi connectivity index (χ3v) is 4.50. The summed E-state index contributed by atoms with van der Waals surface area (Å²) in [6.07, 6.45) is 4.35. The highest BCUT2D eigenvalue weighted by Gasteiger charge is 2.09. The lowest BCUT2D eigenvalue weighted by molar-refractivity contribution is 1.48. The zero-order valence-electron chi connectivity index (χ0n) is 10.9. The predicted molar refractivity (Wildman–Crippen MR) is 83.5 cm³/mol. The van der Waals surface area contributed by atoms with E-state index in [0.717, 1.165) is 0 Å². The summed E-state index contributed by atoms with van der Waals surface area (Å²) in [5, 5.41) is 2.80. The van der Waals surface area contributed by atoms with E-state index in [1.54, 1.807) is 0 Å². The van der Waals surface area contributed by atoms with Crippen LogP contribution in [0.25, 0.3) is 26.2 Å². The van der Waals surface area contributed by atoms with Gasteiger partial charge in [-0.3, -0.25) is 0 Å². The van der Waals surface area contributed by atoms with E-state index in [4.69, 9.17) is 0 Å². The van der Waals surface area contributed by atoms with Gasteiger partial charge in [0.15, 0.2) is 0 Å². The summed E-state index contributed by atoms with van der Waals surface area (Å²) < 4.78 is 2.77. The minimum atomic E-state index is 1.33. The van der Waals surface area contributed by atoms with Crippen LogP contribution in [0.15, 0.2) is 36.4 Å². The normalized spacial score (nSPS) is 11.9. The highest BCUT2D eigenvalue weighted by molar-refractivity contribution is 7.25. The summed E-state index contributed by atoms with van der Waals surface area (Å²) in [5.74, 6) is 0. The Hall–Kier alpha value is -1.60. The number of thiophene rings is 1. The first-order valence-electron chi connectivity index (χ1n) is 6.26. The molecule has 0 saturated heterocycles. The summed E-state index contributed by atoms with van der Waals surface area (Å²) >= 11 is 1.89. The molecule has 0 saturated carbocycles. The third kappa shape index (κ3) is 1.67. The molecule has 0 aliphatic rings. The van der Waals surface area contributed by atoms with Crippen molar-refractivity contribution in [2.45, 2.75) is 20.8 Å². The molecule has 0 aliphatic carbocycles. The van der Waals surface area contributed by atoms with Crippen molar-refractivity contribution in [2.75, 3.05) is 0 Å². The lowest BCUT2D eigenvalue weighted by atomic mass is 10.0. The van der Waals surface area contributed by atoms with Crippen LogP contribution in [0, 0.1) is 13.8 Å². The average molecular weight is 252 g/mol.